The zero-order valence-corrected chi connectivity index (χ0v) is 16.3. The molecule has 3 N–H and O–H groups in total. The fraction of sp³-hybridized carbons (Fsp3) is 0.200. The minimum absolute atomic E-state index is 0.214. The molecule has 0 aliphatic carbocycles. The maximum absolute atomic E-state index is 12.9. The Hall–Kier alpha value is -3.39. The zero-order chi connectivity index (χ0) is 21.0. The maximum Gasteiger partial charge on any atom is 0.344 e. The quantitative estimate of drug-likeness (QED) is 0.628. The summed E-state index contributed by atoms with van der Waals surface area (Å²) in [6.07, 6.45) is 0.303. The molecule has 2 aromatic rings. The summed E-state index contributed by atoms with van der Waals surface area (Å²) < 4.78 is 0. The molecule has 0 spiro atoms. The van der Waals surface area contributed by atoms with Crippen molar-refractivity contribution in [3.05, 3.63) is 70.7 Å². The van der Waals surface area contributed by atoms with E-state index in [1.165, 1.54) is 6.07 Å². The van der Waals surface area contributed by atoms with E-state index < -0.39 is 35.8 Å². The highest BCUT2D eigenvalue weighted by Crippen LogP contribution is 2.31. The van der Waals surface area contributed by atoms with Crippen molar-refractivity contribution in [1.82, 2.24) is 21.1 Å². The van der Waals surface area contributed by atoms with Crippen LogP contribution in [0.2, 0.25) is 5.02 Å². The second-order valence-electron chi connectivity index (χ2n) is 6.39. The summed E-state index contributed by atoms with van der Waals surface area (Å²) in [4.78, 5) is 49.6. The van der Waals surface area contributed by atoms with Crippen LogP contribution in [-0.2, 0) is 15.1 Å². The third-order valence-corrected chi connectivity index (χ3v) is 4.98. The van der Waals surface area contributed by atoms with Crippen molar-refractivity contribution in [2.24, 2.45) is 0 Å². The number of amides is 5. The lowest BCUT2D eigenvalue weighted by molar-refractivity contribution is -0.139. The van der Waals surface area contributed by atoms with Crippen molar-refractivity contribution in [2.45, 2.75) is 18.9 Å². The van der Waals surface area contributed by atoms with Crippen LogP contribution >= 0.6 is 11.6 Å². The number of halogens is 1. The van der Waals surface area contributed by atoms with E-state index in [1.54, 1.807) is 55.5 Å². The third kappa shape index (κ3) is 3.93. The highest BCUT2D eigenvalue weighted by molar-refractivity contribution is 6.33. The monoisotopic (exact) mass is 414 g/mol. The Morgan fingerprint density at radius 1 is 1.07 bits per heavy atom. The highest BCUT2D eigenvalue weighted by Gasteiger charge is 2.52. The van der Waals surface area contributed by atoms with Gasteiger partial charge in [0.2, 0.25) is 0 Å². The van der Waals surface area contributed by atoms with Gasteiger partial charge >= 0.3 is 6.03 Å². The lowest BCUT2D eigenvalue weighted by Crippen LogP contribution is -2.51. The standard InChI is InChI=1S/C20H19ClN4O4/c1-2-20(13-8-4-3-5-9-13)18(28)25(19(29)23-20)24-16(26)12-22-17(27)14-10-6-7-11-15(14)21/h3-11H,2,12H2,1H3,(H,22,27)(H,23,29)(H,24,26). The SMILES string of the molecule is CCC1(c2ccccc2)NC(=O)N(NC(=O)CNC(=O)c2ccccc2Cl)C1=O. The Balaban J connectivity index is 1.66. The molecule has 0 saturated carbocycles. The van der Waals surface area contributed by atoms with Crippen LogP contribution in [0.4, 0.5) is 4.79 Å². The fourth-order valence-electron chi connectivity index (χ4n) is 3.10. The first-order chi connectivity index (χ1) is 13.9. The van der Waals surface area contributed by atoms with Crippen LogP contribution in [0, 0.1) is 0 Å². The Morgan fingerprint density at radius 2 is 1.72 bits per heavy atom. The van der Waals surface area contributed by atoms with Crippen LogP contribution in [0.15, 0.2) is 54.6 Å². The van der Waals surface area contributed by atoms with Gasteiger partial charge in [0.1, 0.15) is 5.54 Å². The number of rotatable bonds is 6. The minimum atomic E-state index is -1.26. The molecule has 0 bridgehead atoms. The molecular weight excluding hydrogens is 396 g/mol. The molecule has 3 rings (SSSR count). The largest absolute Gasteiger partial charge is 0.344 e. The number of hydrogen-bond donors (Lipinski definition) is 3. The van der Waals surface area contributed by atoms with Gasteiger partial charge in [0.05, 0.1) is 17.1 Å². The summed E-state index contributed by atoms with van der Waals surface area (Å²) in [6.45, 7) is 1.33. The van der Waals surface area contributed by atoms with Gasteiger partial charge in [-0.1, -0.05) is 61.0 Å². The summed E-state index contributed by atoms with van der Waals surface area (Å²) in [7, 11) is 0. The average Bonchev–Trinajstić information content (AvgIpc) is 2.98. The number of benzene rings is 2. The molecule has 1 unspecified atom stereocenters. The Morgan fingerprint density at radius 3 is 2.38 bits per heavy atom. The van der Waals surface area contributed by atoms with E-state index >= 15 is 0 Å². The molecule has 9 heteroatoms. The second-order valence-corrected chi connectivity index (χ2v) is 6.80. The van der Waals surface area contributed by atoms with E-state index in [-0.39, 0.29) is 10.6 Å². The van der Waals surface area contributed by atoms with Gasteiger partial charge in [-0.15, -0.1) is 0 Å². The highest BCUT2D eigenvalue weighted by atomic mass is 35.5. The van der Waals surface area contributed by atoms with Crippen LogP contribution in [0.3, 0.4) is 0 Å². The summed E-state index contributed by atoms with van der Waals surface area (Å²) in [5.41, 5.74) is 1.82. The van der Waals surface area contributed by atoms with Crippen LogP contribution < -0.4 is 16.1 Å². The predicted molar refractivity (Wildman–Crippen MR) is 106 cm³/mol. The smallest absolute Gasteiger partial charge is 0.343 e. The van der Waals surface area contributed by atoms with Gasteiger partial charge < -0.3 is 10.6 Å². The third-order valence-electron chi connectivity index (χ3n) is 4.65. The Kier molecular flexibility index (Phi) is 5.84. The van der Waals surface area contributed by atoms with Crippen molar-refractivity contribution in [1.29, 1.82) is 0 Å². The molecular formula is C20H19ClN4O4. The number of nitrogens with zero attached hydrogens (tertiary/aromatic N) is 1. The molecule has 1 heterocycles. The first-order valence-corrected chi connectivity index (χ1v) is 9.31. The number of imide groups is 1. The predicted octanol–water partition coefficient (Wildman–Crippen LogP) is 1.96. The number of hydrogen-bond acceptors (Lipinski definition) is 4. The number of hydrazine groups is 1. The first-order valence-electron chi connectivity index (χ1n) is 8.93. The molecule has 8 nitrogen and oxygen atoms in total. The Bertz CT molecular complexity index is 966. The summed E-state index contributed by atoms with van der Waals surface area (Å²) in [5, 5.41) is 5.94. The summed E-state index contributed by atoms with van der Waals surface area (Å²) >= 11 is 5.95. The fourth-order valence-corrected chi connectivity index (χ4v) is 3.33. The van der Waals surface area contributed by atoms with Crippen molar-refractivity contribution in [3.63, 3.8) is 0 Å². The molecule has 2 aromatic carbocycles. The van der Waals surface area contributed by atoms with Crippen LogP contribution in [0.25, 0.3) is 0 Å². The van der Waals surface area contributed by atoms with Gasteiger partial charge in [0.25, 0.3) is 17.7 Å². The Labute approximate surface area is 172 Å². The molecule has 0 radical (unpaired) electrons. The van der Waals surface area contributed by atoms with Crippen molar-refractivity contribution < 1.29 is 19.2 Å². The molecule has 150 valence electrons. The van der Waals surface area contributed by atoms with E-state index in [1.807, 2.05) is 0 Å². The molecule has 0 aromatic heterocycles. The van der Waals surface area contributed by atoms with Gasteiger partial charge in [-0.05, 0) is 24.1 Å². The topological polar surface area (TPSA) is 108 Å². The molecule has 1 atom stereocenters. The van der Waals surface area contributed by atoms with Crippen LogP contribution in [0.1, 0.15) is 29.3 Å². The minimum Gasteiger partial charge on any atom is -0.343 e. The van der Waals surface area contributed by atoms with Gasteiger partial charge in [-0.25, -0.2) is 4.79 Å². The normalized spacial score (nSPS) is 18.3. The molecule has 1 fully saturated rings. The van der Waals surface area contributed by atoms with Crippen LogP contribution in [-0.4, -0.2) is 35.3 Å². The van der Waals surface area contributed by atoms with E-state index in [2.05, 4.69) is 16.1 Å². The molecule has 29 heavy (non-hydrogen) atoms. The first kappa shape index (κ1) is 20.3. The molecule has 5 amide bonds. The van der Waals surface area contributed by atoms with Gasteiger partial charge in [0, 0.05) is 0 Å². The van der Waals surface area contributed by atoms with Gasteiger partial charge in [-0.3, -0.25) is 19.8 Å². The van der Waals surface area contributed by atoms with Gasteiger partial charge in [-0.2, -0.15) is 5.01 Å². The zero-order valence-electron chi connectivity index (χ0n) is 15.6. The maximum atomic E-state index is 12.9. The van der Waals surface area contributed by atoms with Crippen molar-refractivity contribution in [3.8, 4) is 0 Å². The number of nitrogens with one attached hydrogen (secondary N) is 3. The number of carbonyl (C=O) groups excluding carboxylic acids is 4. The number of carbonyl (C=O) groups is 4. The van der Waals surface area contributed by atoms with Crippen molar-refractivity contribution in [2.75, 3.05) is 6.54 Å². The average molecular weight is 415 g/mol. The summed E-state index contributed by atoms with van der Waals surface area (Å²) in [5.74, 6) is -1.87. The van der Waals surface area contributed by atoms with Crippen LogP contribution in [0.5, 0.6) is 0 Å². The lowest BCUT2D eigenvalue weighted by atomic mass is 9.87. The lowest BCUT2D eigenvalue weighted by Gasteiger charge is -2.25. The van der Waals surface area contributed by atoms with E-state index in [9.17, 15) is 19.2 Å². The van der Waals surface area contributed by atoms with Crippen molar-refractivity contribution >= 4 is 35.4 Å². The molecule has 1 saturated heterocycles. The van der Waals surface area contributed by atoms with E-state index in [0.717, 1.165) is 0 Å². The summed E-state index contributed by atoms with van der Waals surface area (Å²) in [6, 6.07) is 14.4. The number of urea groups is 1. The van der Waals surface area contributed by atoms with Gasteiger partial charge in [0.15, 0.2) is 0 Å². The second kappa shape index (κ2) is 8.32. The molecule has 1 aliphatic rings. The van der Waals surface area contributed by atoms with E-state index in [0.29, 0.717) is 17.0 Å². The molecule has 1 aliphatic heterocycles. The van der Waals surface area contributed by atoms with E-state index in [4.69, 9.17) is 11.6 Å².